The fourth-order valence-corrected chi connectivity index (χ4v) is 3.80. The number of piperidine rings is 1. The minimum absolute atomic E-state index is 0.0238. The number of aromatic nitrogens is 3. The van der Waals surface area contributed by atoms with Crippen LogP contribution in [0.4, 0.5) is 5.82 Å². The molecule has 2 aliphatic rings. The number of amides is 1. The van der Waals surface area contributed by atoms with Gasteiger partial charge in [0.1, 0.15) is 5.82 Å². The van der Waals surface area contributed by atoms with Gasteiger partial charge < -0.3 is 15.0 Å². The van der Waals surface area contributed by atoms with Crippen LogP contribution in [0, 0.1) is 12.8 Å². The van der Waals surface area contributed by atoms with Gasteiger partial charge in [-0.05, 0) is 32.6 Å². The average molecular weight is 343 g/mol. The number of aryl methyl sites for hydroxylation is 1. The third-order valence-corrected chi connectivity index (χ3v) is 5.15. The molecule has 2 aromatic rings. The van der Waals surface area contributed by atoms with Gasteiger partial charge in [0.15, 0.2) is 5.65 Å². The molecule has 7 nitrogen and oxygen atoms in total. The summed E-state index contributed by atoms with van der Waals surface area (Å²) in [5.41, 5.74) is 1.82. The topological polar surface area (TPSA) is 71.8 Å². The minimum atomic E-state index is 0.0238. The molecular formula is C18H25N5O2. The van der Waals surface area contributed by atoms with Crippen molar-refractivity contribution in [3.05, 3.63) is 24.0 Å². The van der Waals surface area contributed by atoms with E-state index in [2.05, 4.69) is 26.4 Å². The molecule has 1 unspecified atom stereocenters. The quantitative estimate of drug-likeness (QED) is 0.915. The third-order valence-electron chi connectivity index (χ3n) is 5.15. The van der Waals surface area contributed by atoms with E-state index >= 15 is 0 Å². The van der Waals surface area contributed by atoms with Crippen LogP contribution in [0.2, 0.25) is 0 Å². The van der Waals surface area contributed by atoms with Crippen molar-refractivity contribution in [1.29, 1.82) is 0 Å². The van der Waals surface area contributed by atoms with Crippen LogP contribution in [0.3, 0.4) is 0 Å². The molecule has 0 spiro atoms. The molecule has 2 saturated heterocycles. The number of carbonyl (C=O) groups is 1. The second-order valence-electron chi connectivity index (χ2n) is 7.04. The van der Waals surface area contributed by atoms with Crippen LogP contribution >= 0.6 is 0 Å². The zero-order valence-electron chi connectivity index (χ0n) is 14.6. The normalized spacial score (nSPS) is 22.3. The fraction of sp³-hybridized carbons (Fsp3) is 0.611. The summed E-state index contributed by atoms with van der Waals surface area (Å²) in [6.07, 6.45) is 5.55. The van der Waals surface area contributed by atoms with Gasteiger partial charge in [0.05, 0.1) is 12.1 Å². The van der Waals surface area contributed by atoms with E-state index in [-0.39, 0.29) is 17.9 Å². The first kappa shape index (κ1) is 16.3. The van der Waals surface area contributed by atoms with Gasteiger partial charge in [-0.25, -0.2) is 4.98 Å². The van der Waals surface area contributed by atoms with E-state index in [0.29, 0.717) is 0 Å². The highest BCUT2D eigenvalue weighted by Crippen LogP contribution is 2.24. The third kappa shape index (κ3) is 3.46. The van der Waals surface area contributed by atoms with Gasteiger partial charge >= 0.3 is 0 Å². The Morgan fingerprint density at radius 3 is 3.00 bits per heavy atom. The van der Waals surface area contributed by atoms with Gasteiger partial charge in [0.2, 0.25) is 5.91 Å². The summed E-state index contributed by atoms with van der Waals surface area (Å²) in [4.78, 5) is 19.5. The standard InChI is InChI=1S/C18H25N5O2/c1-13-11-17(23-16(20-13)4-7-19-23)22-8-2-3-14(12-22)18(24)21-15-5-9-25-10-6-15/h4,7,11,14-15H,2-3,5-6,8-10,12H2,1H3,(H,21,24). The highest BCUT2D eigenvalue weighted by molar-refractivity contribution is 5.80. The van der Waals surface area contributed by atoms with Crippen LogP contribution < -0.4 is 10.2 Å². The Morgan fingerprint density at radius 2 is 2.16 bits per heavy atom. The van der Waals surface area contributed by atoms with Crippen LogP contribution in [0.25, 0.3) is 5.65 Å². The van der Waals surface area contributed by atoms with Crippen molar-refractivity contribution in [3.8, 4) is 0 Å². The molecule has 7 heteroatoms. The first-order chi connectivity index (χ1) is 12.2. The van der Waals surface area contributed by atoms with Crippen LogP contribution in [0.15, 0.2) is 18.3 Å². The van der Waals surface area contributed by atoms with Gasteiger partial charge in [0.25, 0.3) is 0 Å². The molecule has 1 amide bonds. The fourth-order valence-electron chi connectivity index (χ4n) is 3.80. The van der Waals surface area contributed by atoms with Crippen molar-refractivity contribution < 1.29 is 9.53 Å². The van der Waals surface area contributed by atoms with Crippen molar-refractivity contribution in [1.82, 2.24) is 19.9 Å². The first-order valence-corrected chi connectivity index (χ1v) is 9.15. The summed E-state index contributed by atoms with van der Waals surface area (Å²) < 4.78 is 7.24. The lowest BCUT2D eigenvalue weighted by molar-refractivity contribution is -0.126. The number of carbonyl (C=O) groups excluding carboxylic acids is 1. The summed E-state index contributed by atoms with van der Waals surface area (Å²) in [6, 6.07) is 4.23. The molecule has 4 heterocycles. The predicted octanol–water partition coefficient (Wildman–Crippen LogP) is 1.55. The second-order valence-corrected chi connectivity index (χ2v) is 7.04. The molecule has 1 atom stereocenters. The van der Waals surface area contributed by atoms with Crippen molar-refractivity contribution >= 4 is 17.4 Å². The van der Waals surface area contributed by atoms with Gasteiger partial charge in [-0.2, -0.15) is 9.61 Å². The molecule has 0 aromatic carbocycles. The van der Waals surface area contributed by atoms with Gasteiger partial charge in [-0.15, -0.1) is 0 Å². The van der Waals surface area contributed by atoms with Crippen molar-refractivity contribution in [2.45, 2.75) is 38.6 Å². The highest BCUT2D eigenvalue weighted by Gasteiger charge is 2.29. The number of fused-ring (bicyclic) bond motifs is 1. The van der Waals surface area contributed by atoms with Crippen molar-refractivity contribution in [2.24, 2.45) is 5.92 Å². The maximum atomic E-state index is 12.7. The molecule has 2 fully saturated rings. The Labute approximate surface area is 147 Å². The molecule has 0 radical (unpaired) electrons. The van der Waals surface area contributed by atoms with Gasteiger partial charge in [-0.3, -0.25) is 4.79 Å². The lowest BCUT2D eigenvalue weighted by Gasteiger charge is -2.34. The molecule has 2 aliphatic heterocycles. The number of hydrogen-bond donors (Lipinski definition) is 1. The summed E-state index contributed by atoms with van der Waals surface area (Å²) in [7, 11) is 0. The van der Waals surface area contributed by atoms with E-state index in [4.69, 9.17) is 4.74 Å². The number of nitrogens with one attached hydrogen (secondary N) is 1. The monoisotopic (exact) mass is 343 g/mol. The number of nitrogens with zero attached hydrogens (tertiary/aromatic N) is 4. The highest BCUT2D eigenvalue weighted by atomic mass is 16.5. The van der Waals surface area contributed by atoms with E-state index < -0.39 is 0 Å². The van der Waals surface area contributed by atoms with E-state index in [0.717, 1.165) is 69.1 Å². The number of anilines is 1. The Balaban J connectivity index is 1.48. The zero-order valence-corrected chi connectivity index (χ0v) is 14.6. The molecule has 0 saturated carbocycles. The van der Waals surface area contributed by atoms with Crippen LogP contribution in [0.5, 0.6) is 0 Å². The SMILES string of the molecule is Cc1cc(N2CCCC(C(=O)NC3CCOCC3)C2)n2nccc2n1. The maximum Gasteiger partial charge on any atom is 0.225 e. The molecule has 0 aliphatic carbocycles. The van der Waals surface area contributed by atoms with Crippen LogP contribution in [-0.4, -0.2) is 52.9 Å². The van der Waals surface area contributed by atoms with E-state index in [9.17, 15) is 4.79 Å². The lowest BCUT2D eigenvalue weighted by Crippen LogP contribution is -2.47. The molecule has 4 rings (SSSR count). The molecule has 25 heavy (non-hydrogen) atoms. The van der Waals surface area contributed by atoms with Crippen LogP contribution in [-0.2, 0) is 9.53 Å². The Morgan fingerprint density at radius 1 is 1.32 bits per heavy atom. The largest absolute Gasteiger partial charge is 0.381 e. The van der Waals surface area contributed by atoms with E-state index in [1.807, 2.05) is 17.5 Å². The number of rotatable bonds is 3. The molecular weight excluding hydrogens is 318 g/mol. The Kier molecular flexibility index (Phi) is 4.57. The van der Waals surface area contributed by atoms with Crippen LogP contribution in [0.1, 0.15) is 31.4 Å². The minimum Gasteiger partial charge on any atom is -0.381 e. The molecule has 0 bridgehead atoms. The smallest absolute Gasteiger partial charge is 0.225 e. The summed E-state index contributed by atoms with van der Waals surface area (Å²) in [6.45, 7) is 5.16. The Bertz CT molecular complexity index is 753. The predicted molar refractivity (Wildman–Crippen MR) is 94.6 cm³/mol. The second kappa shape index (κ2) is 7.00. The Hall–Kier alpha value is -2.15. The number of hydrogen-bond acceptors (Lipinski definition) is 5. The van der Waals surface area contributed by atoms with Crippen molar-refractivity contribution in [2.75, 3.05) is 31.2 Å². The summed E-state index contributed by atoms with van der Waals surface area (Å²) in [5.74, 6) is 1.23. The summed E-state index contributed by atoms with van der Waals surface area (Å²) in [5, 5.41) is 7.62. The maximum absolute atomic E-state index is 12.7. The van der Waals surface area contributed by atoms with E-state index in [1.54, 1.807) is 6.20 Å². The van der Waals surface area contributed by atoms with Gasteiger partial charge in [0, 0.05) is 50.2 Å². The van der Waals surface area contributed by atoms with Crippen molar-refractivity contribution in [3.63, 3.8) is 0 Å². The molecule has 2 aromatic heterocycles. The summed E-state index contributed by atoms with van der Waals surface area (Å²) >= 11 is 0. The molecule has 134 valence electrons. The van der Waals surface area contributed by atoms with E-state index in [1.165, 1.54) is 0 Å². The zero-order chi connectivity index (χ0) is 17.2. The number of ether oxygens (including phenoxy) is 1. The molecule has 1 N–H and O–H groups in total. The first-order valence-electron chi connectivity index (χ1n) is 9.15. The van der Waals surface area contributed by atoms with Gasteiger partial charge in [-0.1, -0.05) is 0 Å². The lowest BCUT2D eigenvalue weighted by atomic mass is 9.96. The average Bonchev–Trinajstić information content (AvgIpc) is 3.10.